The van der Waals surface area contributed by atoms with Gasteiger partial charge in [0.25, 0.3) is 0 Å². The van der Waals surface area contributed by atoms with Gasteiger partial charge in [0, 0.05) is 10.6 Å². The van der Waals surface area contributed by atoms with Gasteiger partial charge in [-0.2, -0.15) is 0 Å². The topological polar surface area (TPSA) is 18.5 Å². The van der Waals surface area contributed by atoms with E-state index in [-0.39, 0.29) is 0 Å². The molecule has 6 aromatic carbocycles. The molecule has 4 heteroatoms. The highest BCUT2D eigenvalue weighted by molar-refractivity contribution is 7.91. The van der Waals surface area contributed by atoms with Gasteiger partial charge in [0.05, 0.1) is 14.2 Å². The van der Waals surface area contributed by atoms with Crippen molar-refractivity contribution in [3.63, 3.8) is 0 Å². The summed E-state index contributed by atoms with van der Waals surface area (Å²) in [6.07, 6.45) is 0. The van der Waals surface area contributed by atoms with Crippen molar-refractivity contribution in [2.24, 2.45) is 0 Å². The SMILES string of the molecule is COc1cc(-c2c(C)cc(C)cc2C)c(P=Pc2c(-c3c(C)cc(C)cc3C)cc(OC)cc2-c2c(C)cc(C)cc2C)c(-c2c(C)cc(C)cc2C)c1. The van der Waals surface area contributed by atoms with Gasteiger partial charge in [-0.25, -0.2) is 0 Å². The van der Waals surface area contributed by atoms with E-state index in [9.17, 15) is 0 Å². The van der Waals surface area contributed by atoms with E-state index in [1.807, 2.05) is 0 Å². The standard InChI is InChI=1S/C50H54O2P2/c1-27-15-31(5)45(32(6)16-27)41-23-39(51-13)24-42(46-33(7)17-28(2)18-34(46)8)49(41)53-54-50-43(47-35(9)19-29(3)20-36(47)10)25-40(52-14)26-44(50)48-37(11)21-30(4)22-38(48)12/h15-26H,1-14H3. The van der Waals surface area contributed by atoms with Crippen LogP contribution in [0, 0.1) is 83.1 Å². The molecule has 0 aliphatic rings. The molecule has 6 rings (SSSR count). The van der Waals surface area contributed by atoms with Crippen LogP contribution in [0.5, 0.6) is 11.5 Å². The number of benzene rings is 6. The third-order valence-corrected chi connectivity index (χ3v) is 13.6. The Morgan fingerprint density at radius 3 is 0.648 bits per heavy atom. The second-order valence-corrected chi connectivity index (χ2v) is 17.9. The molecular weight excluding hydrogens is 694 g/mol. The van der Waals surface area contributed by atoms with E-state index in [1.54, 1.807) is 14.2 Å². The fourth-order valence-electron chi connectivity index (χ4n) is 8.95. The minimum absolute atomic E-state index is 0.872. The zero-order chi connectivity index (χ0) is 39.2. The van der Waals surface area contributed by atoms with Crippen molar-refractivity contribution in [2.45, 2.75) is 83.1 Å². The number of hydrogen-bond donors (Lipinski definition) is 0. The average Bonchev–Trinajstić information content (AvgIpc) is 3.06. The minimum Gasteiger partial charge on any atom is -0.497 e. The van der Waals surface area contributed by atoms with Gasteiger partial charge in [-0.05, 0) is 212 Å². The molecule has 0 amide bonds. The molecule has 6 aromatic rings. The number of rotatable bonds is 8. The number of aryl methyl sites for hydroxylation is 12. The summed E-state index contributed by atoms with van der Waals surface area (Å²) in [5, 5.41) is 2.62. The van der Waals surface area contributed by atoms with Crippen LogP contribution in [0.15, 0.2) is 72.8 Å². The maximum absolute atomic E-state index is 6.10. The molecular formula is C50H54O2P2. The highest BCUT2D eigenvalue weighted by Crippen LogP contribution is 2.43. The second kappa shape index (κ2) is 15.7. The van der Waals surface area contributed by atoms with Gasteiger partial charge in [0.15, 0.2) is 0 Å². The lowest BCUT2D eigenvalue weighted by Gasteiger charge is -2.22. The second-order valence-electron chi connectivity index (χ2n) is 15.4. The van der Waals surface area contributed by atoms with Crippen molar-refractivity contribution >= 4 is 26.3 Å². The van der Waals surface area contributed by atoms with Gasteiger partial charge >= 0.3 is 0 Å². The predicted octanol–water partition coefficient (Wildman–Crippen LogP) is 13.8. The Balaban J connectivity index is 1.79. The molecule has 0 saturated heterocycles. The molecule has 0 atom stereocenters. The fraction of sp³-hybridized carbons (Fsp3) is 0.280. The van der Waals surface area contributed by atoms with E-state index in [4.69, 9.17) is 9.47 Å². The van der Waals surface area contributed by atoms with Crippen molar-refractivity contribution in [2.75, 3.05) is 14.2 Å². The van der Waals surface area contributed by atoms with Gasteiger partial charge in [0.1, 0.15) is 11.5 Å². The van der Waals surface area contributed by atoms with Gasteiger partial charge in [0.2, 0.25) is 0 Å². The Hall–Kier alpha value is -4.48. The van der Waals surface area contributed by atoms with E-state index >= 15 is 0 Å². The van der Waals surface area contributed by atoms with Crippen LogP contribution in [0.4, 0.5) is 0 Å². The quantitative estimate of drug-likeness (QED) is 0.144. The van der Waals surface area contributed by atoms with Crippen LogP contribution in [0.1, 0.15) is 66.8 Å². The molecule has 0 aromatic heterocycles. The van der Waals surface area contributed by atoms with E-state index in [1.165, 1.54) is 138 Å². The lowest BCUT2D eigenvalue weighted by Crippen LogP contribution is -2.10. The lowest BCUT2D eigenvalue weighted by atomic mass is 9.88. The zero-order valence-corrected chi connectivity index (χ0v) is 36.4. The molecule has 0 N–H and O–H groups in total. The smallest absolute Gasteiger partial charge is 0.120 e. The van der Waals surface area contributed by atoms with Gasteiger partial charge in [-0.15, -0.1) is 0 Å². The van der Waals surface area contributed by atoms with Crippen molar-refractivity contribution in [3.8, 4) is 56.0 Å². The minimum atomic E-state index is 0.872. The third-order valence-electron chi connectivity index (χ3n) is 10.7. The normalized spacial score (nSPS) is 11.4. The molecule has 0 heterocycles. The van der Waals surface area contributed by atoms with Crippen LogP contribution in [-0.4, -0.2) is 14.2 Å². The summed E-state index contributed by atoms with van der Waals surface area (Å²) in [7, 11) is 5.94. The first-order chi connectivity index (χ1) is 25.6. The summed E-state index contributed by atoms with van der Waals surface area (Å²) in [6.45, 7) is 26.8. The van der Waals surface area contributed by atoms with Gasteiger partial charge in [-0.1, -0.05) is 70.8 Å². The number of hydrogen-bond acceptors (Lipinski definition) is 2. The third kappa shape index (κ3) is 7.57. The summed E-state index contributed by atoms with van der Waals surface area (Å²) in [5.74, 6) is 1.74. The van der Waals surface area contributed by atoms with E-state index < -0.39 is 0 Å². The summed E-state index contributed by atoms with van der Waals surface area (Å²) in [5.41, 5.74) is 25.4. The summed E-state index contributed by atoms with van der Waals surface area (Å²) in [6, 6.07) is 27.6. The maximum atomic E-state index is 6.10. The molecule has 0 bridgehead atoms. The maximum Gasteiger partial charge on any atom is 0.120 e. The van der Waals surface area contributed by atoms with Crippen molar-refractivity contribution in [1.29, 1.82) is 0 Å². The summed E-state index contributed by atoms with van der Waals surface area (Å²) >= 11 is 0. The first kappa shape index (κ1) is 39.2. The van der Waals surface area contributed by atoms with Crippen LogP contribution in [0.3, 0.4) is 0 Å². The van der Waals surface area contributed by atoms with Crippen molar-refractivity contribution < 1.29 is 9.47 Å². The van der Waals surface area contributed by atoms with Crippen LogP contribution in [0.25, 0.3) is 44.5 Å². The lowest BCUT2D eigenvalue weighted by molar-refractivity contribution is 0.415. The molecule has 276 valence electrons. The van der Waals surface area contributed by atoms with Crippen molar-refractivity contribution in [3.05, 3.63) is 140 Å². The monoisotopic (exact) mass is 748 g/mol. The Kier molecular flexibility index (Phi) is 11.4. The predicted molar refractivity (Wildman–Crippen MR) is 238 cm³/mol. The fourth-order valence-corrected chi connectivity index (χ4v) is 12.2. The highest BCUT2D eigenvalue weighted by atomic mass is 31.7. The molecule has 54 heavy (non-hydrogen) atoms. The Morgan fingerprint density at radius 2 is 0.481 bits per heavy atom. The molecule has 0 spiro atoms. The van der Waals surface area contributed by atoms with Crippen LogP contribution in [-0.2, 0) is 0 Å². The Bertz CT molecular complexity index is 2060. The molecule has 0 unspecified atom stereocenters. The molecule has 0 fully saturated rings. The zero-order valence-electron chi connectivity index (χ0n) is 34.6. The summed E-state index contributed by atoms with van der Waals surface area (Å²) in [4.78, 5) is 0. The number of ether oxygens (including phenoxy) is 2. The average molecular weight is 749 g/mol. The van der Waals surface area contributed by atoms with Crippen LogP contribution >= 0.6 is 15.7 Å². The van der Waals surface area contributed by atoms with Crippen molar-refractivity contribution in [1.82, 2.24) is 0 Å². The first-order valence-electron chi connectivity index (χ1n) is 18.8. The highest BCUT2D eigenvalue weighted by Gasteiger charge is 2.23. The Morgan fingerprint density at radius 1 is 0.296 bits per heavy atom. The first-order valence-corrected chi connectivity index (χ1v) is 21.3. The molecule has 0 aliphatic heterocycles. The van der Waals surface area contributed by atoms with Gasteiger partial charge < -0.3 is 9.47 Å². The van der Waals surface area contributed by atoms with Gasteiger partial charge in [-0.3, -0.25) is 0 Å². The largest absolute Gasteiger partial charge is 0.497 e. The molecule has 2 nitrogen and oxygen atoms in total. The van der Waals surface area contributed by atoms with Crippen LogP contribution in [0.2, 0.25) is 0 Å². The molecule has 0 radical (unpaired) electrons. The molecule has 0 aliphatic carbocycles. The molecule has 0 saturated carbocycles. The summed E-state index contributed by atoms with van der Waals surface area (Å²) < 4.78 is 12.2. The van der Waals surface area contributed by atoms with E-state index in [2.05, 4.69) is 156 Å². The number of methoxy groups -OCH3 is 2. The van der Waals surface area contributed by atoms with E-state index in [0.29, 0.717) is 0 Å². The van der Waals surface area contributed by atoms with E-state index in [0.717, 1.165) is 11.5 Å². The Labute approximate surface area is 327 Å². The van der Waals surface area contributed by atoms with Crippen LogP contribution < -0.4 is 20.1 Å².